The van der Waals surface area contributed by atoms with E-state index in [0.717, 1.165) is 11.1 Å². The third kappa shape index (κ3) is 5.70. The Hall–Kier alpha value is -2.73. The zero-order valence-corrected chi connectivity index (χ0v) is 18.9. The number of benzene rings is 3. The molecule has 3 aromatic rings. The van der Waals surface area contributed by atoms with Crippen molar-refractivity contribution in [2.24, 2.45) is 4.99 Å². The van der Waals surface area contributed by atoms with E-state index in [1.807, 2.05) is 43.3 Å². The molecule has 1 heterocycles. The zero-order valence-electron chi connectivity index (χ0n) is 16.6. The van der Waals surface area contributed by atoms with E-state index in [1.54, 1.807) is 36.4 Å². The van der Waals surface area contributed by atoms with Gasteiger partial charge in [-0.05, 0) is 72.3 Å². The molecule has 0 aliphatic carbocycles. The van der Waals surface area contributed by atoms with Crippen molar-refractivity contribution in [3.05, 3.63) is 98.4 Å². The fourth-order valence-electron chi connectivity index (χ4n) is 2.83. The highest BCUT2D eigenvalue weighted by molar-refractivity contribution is 8.18. The summed E-state index contributed by atoms with van der Waals surface area (Å²) in [4.78, 5) is 17.3. The Bertz CT molecular complexity index is 1170. The number of thioether (sulfide) groups is 1. The van der Waals surface area contributed by atoms with Crippen molar-refractivity contribution in [3.8, 4) is 5.75 Å². The molecule has 1 saturated heterocycles. The van der Waals surface area contributed by atoms with Gasteiger partial charge in [-0.15, -0.1) is 0 Å². The lowest BCUT2D eigenvalue weighted by Crippen LogP contribution is -2.19. The van der Waals surface area contributed by atoms with Gasteiger partial charge in [-0.2, -0.15) is 0 Å². The maximum Gasteiger partial charge on any atom is 0.264 e. The van der Waals surface area contributed by atoms with E-state index in [4.69, 9.17) is 27.9 Å². The van der Waals surface area contributed by atoms with Crippen LogP contribution in [0.25, 0.3) is 6.08 Å². The molecular weight excluding hydrogens is 451 g/mol. The number of aliphatic imine (C=N–C) groups is 1. The first-order chi connectivity index (χ1) is 15.0. The first-order valence-corrected chi connectivity index (χ1v) is 11.1. The number of carbonyl (C=O) groups is 1. The Kier molecular flexibility index (Phi) is 6.66. The molecule has 7 heteroatoms. The maximum atomic E-state index is 12.3. The first kappa shape index (κ1) is 21.5. The normalized spacial score (nSPS) is 16.0. The molecule has 4 nitrogen and oxygen atoms in total. The highest BCUT2D eigenvalue weighted by Gasteiger charge is 2.23. The van der Waals surface area contributed by atoms with Crippen LogP contribution in [0.4, 0.5) is 5.69 Å². The molecule has 1 aliphatic heterocycles. The molecule has 0 bridgehead atoms. The van der Waals surface area contributed by atoms with E-state index in [-0.39, 0.29) is 5.91 Å². The second-order valence-corrected chi connectivity index (χ2v) is 8.80. The predicted octanol–water partition coefficient (Wildman–Crippen LogP) is 6.77. The highest BCUT2D eigenvalue weighted by atomic mass is 35.5. The molecule has 4 rings (SSSR count). The Morgan fingerprint density at radius 2 is 1.77 bits per heavy atom. The summed E-state index contributed by atoms with van der Waals surface area (Å²) in [7, 11) is 0. The van der Waals surface area contributed by atoms with Crippen LogP contribution in [0.15, 0.2) is 76.6 Å². The average molecular weight is 469 g/mol. The molecule has 1 aliphatic rings. The van der Waals surface area contributed by atoms with Crippen LogP contribution in [0.3, 0.4) is 0 Å². The molecule has 0 atom stereocenters. The molecule has 156 valence electrons. The average Bonchev–Trinajstić information content (AvgIpc) is 3.09. The van der Waals surface area contributed by atoms with Crippen molar-refractivity contribution in [3.63, 3.8) is 0 Å². The number of nitrogens with one attached hydrogen (secondary N) is 1. The van der Waals surface area contributed by atoms with E-state index < -0.39 is 0 Å². The minimum Gasteiger partial charge on any atom is -0.487 e. The number of carbonyl (C=O) groups excluding carboxylic acids is 1. The zero-order chi connectivity index (χ0) is 21.8. The van der Waals surface area contributed by atoms with E-state index >= 15 is 0 Å². The van der Waals surface area contributed by atoms with Crippen LogP contribution in [0.1, 0.15) is 16.7 Å². The number of nitrogens with zero attached hydrogens (tertiary/aromatic N) is 1. The lowest BCUT2D eigenvalue weighted by atomic mass is 10.1. The molecule has 0 saturated carbocycles. The lowest BCUT2D eigenvalue weighted by molar-refractivity contribution is -0.115. The van der Waals surface area contributed by atoms with Gasteiger partial charge >= 0.3 is 0 Å². The molecule has 0 unspecified atom stereocenters. The van der Waals surface area contributed by atoms with E-state index in [1.165, 1.54) is 17.3 Å². The van der Waals surface area contributed by atoms with Crippen molar-refractivity contribution in [1.82, 2.24) is 5.32 Å². The van der Waals surface area contributed by atoms with Crippen molar-refractivity contribution in [1.29, 1.82) is 0 Å². The molecule has 3 aromatic carbocycles. The number of rotatable bonds is 5. The Morgan fingerprint density at radius 1 is 1.03 bits per heavy atom. The number of hydrogen-bond acceptors (Lipinski definition) is 4. The minimum absolute atomic E-state index is 0.200. The molecule has 1 N–H and O–H groups in total. The van der Waals surface area contributed by atoms with Gasteiger partial charge in [-0.25, -0.2) is 4.99 Å². The number of hydrogen-bond donors (Lipinski definition) is 1. The van der Waals surface area contributed by atoms with Gasteiger partial charge in [0.1, 0.15) is 12.4 Å². The standard InChI is InChI=1S/C24H18Cl2N2O2S/c1-15-2-4-16(5-3-15)14-30-21-11-6-17(12-20(21)26)13-22-23(29)28-24(31-22)27-19-9-7-18(25)8-10-19/h2-13H,14H2,1H3,(H,27,28,29)/b22-13-. The van der Waals surface area contributed by atoms with Crippen molar-refractivity contribution < 1.29 is 9.53 Å². The van der Waals surface area contributed by atoms with Gasteiger partial charge in [0.15, 0.2) is 5.17 Å². The summed E-state index contributed by atoms with van der Waals surface area (Å²) in [6.07, 6.45) is 1.78. The van der Waals surface area contributed by atoms with Crippen LogP contribution < -0.4 is 10.1 Å². The van der Waals surface area contributed by atoms with E-state index in [0.29, 0.717) is 38.2 Å². The second-order valence-electron chi connectivity index (χ2n) is 6.92. The summed E-state index contributed by atoms with van der Waals surface area (Å²) in [5.74, 6) is 0.395. The van der Waals surface area contributed by atoms with E-state index in [2.05, 4.69) is 10.3 Å². The molecule has 1 fully saturated rings. The number of amidine groups is 1. The summed E-state index contributed by atoms with van der Waals surface area (Å²) in [6, 6.07) is 20.7. The van der Waals surface area contributed by atoms with Gasteiger partial charge in [0.2, 0.25) is 0 Å². The molecule has 0 spiro atoms. The van der Waals surface area contributed by atoms with E-state index in [9.17, 15) is 4.79 Å². The fraction of sp³-hybridized carbons (Fsp3) is 0.0833. The SMILES string of the molecule is Cc1ccc(COc2ccc(/C=C3\SC(=Nc4ccc(Cl)cc4)NC3=O)cc2Cl)cc1. The van der Waals surface area contributed by atoms with Gasteiger partial charge in [0.05, 0.1) is 15.6 Å². The van der Waals surface area contributed by atoms with Crippen molar-refractivity contribution >= 4 is 57.8 Å². The summed E-state index contributed by atoms with van der Waals surface area (Å²) in [5.41, 5.74) is 3.79. The third-order valence-corrected chi connectivity index (χ3v) is 5.93. The number of halogens is 2. The fourth-order valence-corrected chi connectivity index (χ4v) is 4.05. The number of ether oxygens (including phenoxy) is 1. The topological polar surface area (TPSA) is 50.7 Å². The van der Waals surface area contributed by atoms with Crippen LogP contribution in [-0.4, -0.2) is 11.1 Å². The number of aryl methyl sites for hydroxylation is 1. The lowest BCUT2D eigenvalue weighted by Gasteiger charge is -2.09. The maximum absolute atomic E-state index is 12.3. The monoisotopic (exact) mass is 468 g/mol. The van der Waals surface area contributed by atoms with Crippen LogP contribution in [-0.2, 0) is 11.4 Å². The molecule has 0 aromatic heterocycles. The van der Waals surface area contributed by atoms with Gasteiger partial charge < -0.3 is 10.1 Å². The molecule has 0 radical (unpaired) electrons. The summed E-state index contributed by atoms with van der Waals surface area (Å²) in [5, 5.41) is 4.41. The summed E-state index contributed by atoms with van der Waals surface area (Å²) in [6.45, 7) is 2.48. The molecule has 31 heavy (non-hydrogen) atoms. The van der Waals surface area contributed by atoms with Crippen LogP contribution >= 0.6 is 35.0 Å². The smallest absolute Gasteiger partial charge is 0.264 e. The third-order valence-electron chi connectivity index (χ3n) is 4.48. The van der Waals surface area contributed by atoms with Gasteiger partial charge in [0.25, 0.3) is 5.91 Å². The van der Waals surface area contributed by atoms with Gasteiger partial charge in [-0.3, -0.25) is 4.79 Å². The number of amides is 1. The summed E-state index contributed by atoms with van der Waals surface area (Å²) < 4.78 is 5.83. The Balaban J connectivity index is 1.44. The minimum atomic E-state index is -0.200. The largest absolute Gasteiger partial charge is 0.487 e. The predicted molar refractivity (Wildman–Crippen MR) is 129 cm³/mol. The van der Waals surface area contributed by atoms with Gasteiger partial charge in [0, 0.05) is 5.02 Å². The quantitative estimate of drug-likeness (QED) is 0.420. The highest BCUT2D eigenvalue weighted by Crippen LogP contribution is 2.31. The van der Waals surface area contributed by atoms with Crippen molar-refractivity contribution in [2.45, 2.75) is 13.5 Å². The van der Waals surface area contributed by atoms with Gasteiger partial charge in [-0.1, -0.05) is 59.1 Å². The Morgan fingerprint density at radius 3 is 2.48 bits per heavy atom. The van der Waals surface area contributed by atoms with Crippen LogP contribution in [0.5, 0.6) is 5.75 Å². The molecular formula is C24H18Cl2N2O2S. The first-order valence-electron chi connectivity index (χ1n) is 9.49. The summed E-state index contributed by atoms with van der Waals surface area (Å²) >= 11 is 13.6. The van der Waals surface area contributed by atoms with Crippen molar-refractivity contribution in [2.75, 3.05) is 0 Å². The molecule has 1 amide bonds. The second kappa shape index (κ2) is 9.60. The van der Waals surface area contributed by atoms with Crippen LogP contribution in [0, 0.1) is 6.92 Å². The van der Waals surface area contributed by atoms with Crippen LogP contribution in [0.2, 0.25) is 10.0 Å². The Labute approximate surface area is 194 Å².